The van der Waals surface area contributed by atoms with Gasteiger partial charge in [0.1, 0.15) is 11.6 Å². The van der Waals surface area contributed by atoms with Crippen LogP contribution in [-0.2, 0) is 4.79 Å². The highest BCUT2D eigenvalue weighted by atomic mass is 35.5. The molecular formula is C11H10Cl2N4O2. The van der Waals surface area contributed by atoms with E-state index >= 15 is 0 Å². The van der Waals surface area contributed by atoms with Gasteiger partial charge in [-0.15, -0.1) is 5.10 Å². The first-order chi connectivity index (χ1) is 9.04. The second-order valence-electron chi connectivity index (χ2n) is 3.66. The van der Waals surface area contributed by atoms with Crippen LogP contribution in [0.1, 0.15) is 5.82 Å². The van der Waals surface area contributed by atoms with E-state index in [1.807, 2.05) is 0 Å². The minimum absolute atomic E-state index is 0.175. The normalized spacial score (nSPS) is 10.3. The number of anilines is 1. The van der Waals surface area contributed by atoms with E-state index in [9.17, 15) is 4.79 Å². The molecule has 1 heterocycles. The summed E-state index contributed by atoms with van der Waals surface area (Å²) in [6, 6.07) is 4.75. The van der Waals surface area contributed by atoms with E-state index in [-0.39, 0.29) is 18.5 Å². The Labute approximate surface area is 119 Å². The highest BCUT2D eigenvalue weighted by Gasteiger charge is 2.07. The fraction of sp³-hybridized carbons (Fsp3) is 0.182. The molecular weight excluding hydrogens is 291 g/mol. The van der Waals surface area contributed by atoms with Gasteiger partial charge in [0.15, 0.2) is 6.61 Å². The van der Waals surface area contributed by atoms with Crippen LogP contribution in [0.15, 0.2) is 18.2 Å². The molecule has 0 aliphatic rings. The summed E-state index contributed by atoms with van der Waals surface area (Å²) in [4.78, 5) is 15.5. The molecule has 2 aromatic rings. The number of amides is 1. The average molecular weight is 301 g/mol. The Morgan fingerprint density at radius 2 is 2.21 bits per heavy atom. The van der Waals surface area contributed by atoms with Crippen molar-refractivity contribution in [3.63, 3.8) is 0 Å². The molecule has 2 N–H and O–H groups in total. The Bertz CT molecular complexity index is 600. The number of ether oxygens (including phenoxy) is 1. The molecule has 8 heteroatoms. The molecule has 0 spiro atoms. The fourth-order valence-corrected chi connectivity index (χ4v) is 1.56. The van der Waals surface area contributed by atoms with Crippen molar-refractivity contribution >= 4 is 35.1 Å². The van der Waals surface area contributed by atoms with Crippen LogP contribution in [0.5, 0.6) is 5.75 Å². The van der Waals surface area contributed by atoms with Crippen molar-refractivity contribution in [1.29, 1.82) is 0 Å². The molecule has 19 heavy (non-hydrogen) atoms. The van der Waals surface area contributed by atoms with E-state index in [4.69, 9.17) is 27.9 Å². The number of aromatic nitrogens is 3. The number of H-pyrrole nitrogens is 1. The van der Waals surface area contributed by atoms with Gasteiger partial charge in [-0.05, 0) is 19.1 Å². The average Bonchev–Trinajstić information content (AvgIpc) is 2.76. The summed E-state index contributed by atoms with van der Waals surface area (Å²) < 4.78 is 5.26. The number of nitrogens with zero attached hydrogens (tertiary/aromatic N) is 2. The Kier molecular flexibility index (Phi) is 4.24. The van der Waals surface area contributed by atoms with Gasteiger partial charge in [0, 0.05) is 6.07 Å². The van der Waals surface area contributed by atoms with Gasteiger partial charge in [0.2, 0.25) is 5.95 Å². The van der Waals surface area contributed by atoms with Gasteiger partial charge in [-0.3, -0.25) is 15.2 Å². The largest absolute Gasteiger partial charge is 0.484 e. The van der Waals surface area contributed by atoms with E-state index in [0.717, 1.165) is 0 Å². The molecule has 6 nitrogen and oxygen atoms in total. The first-order valence-corrected chi connectivity index (χ1v) is 6.07. The van der Waals surface area contributed by atoms with E-state index in [1.54, 1.807) is 19.1 Å². The zero-order valence-corrected chi connectivity index (χ0v) is 11.4. The number of nitrogens with one attached hydrogen (secondary N) is 2. The number of hydrogen-bond donors (Lipinski definition) is 2. The number of carbonyl (C=O) groups is 1. The number of hydrogen-bond acceptors (Lipinski definition) is 4. The minimum Gasteiger partial charge on any atom is -0.484 e. The Balaban J connectivity index is 1.88. The minimum atomic E-state index is -0.370. The van der Waals surface area contributed by atoms with Gasteiger partial charge in [0.05, 0.1) is 10.0 Å². The summed E-state index contributed by atoms with van der Waals surface area (Å²) in [5, 5.41) is 9.66. The Hall–Kier alpha value is -1.79. The zero-order chi connectivity index (χ0) is 13.8. The lowest BCUT2D eigenvalue weighted by molar-refractivity contribution is -0.118. The number of rotatable bonds is 4. The maximum absolute atomic E-state index is 11.6. The van der Waals surface area contributed by atoms with Crippen LogP contribution < -0.4 is 10.1 Å². The Morgan fingerprint density at radius 1 is 1.42 bits per heavy atom. The second kappa shape index (κ2) is 5.90. The van der Waals surface area contributed by atoms with Crippen LogP contribution in [0.25, 0.3) is 0 Å². The van der Waals surface area contributed by atoms with Crippen molar-refractivity contribution in [1.82, 2.24) is 15.2 Å². The molecule has 0 atom stereocenters. The molecule has 100 valence electrons. The zero-order valence-electron chi connectivity index (χ0n) is 9.91. The van der Waals surface area contributed by atoms with Crippen molar-refractivity contribution in [3.05, 3.63) is 34.1 Å². The highest BCUT2D eigenvalue weighted by molar-refractivity contribution is 6.42. The highest BCUT2D eigenvalue weighted by Crippen LogP contribution is 2.26. The number of halogens is 2. The molecule has 0 fully saturated rings. The molecule has 1 amide bonds. The van der Waals surface area contributed by atoms with Crippen molar-refractivity contribution < 1.29 is 9.53 Å². The van der Waals surface area contributed by atoms with Crippen molar-refractivity contribution in [2.75, 3.05) is 11.9 Å². The number of aromatic amines is 1. The standard InChI is InChI=1S/C11H10Cl2N4O2/c1-6-14-11(17-16-6)15-10(18)5-19-7-2-3-8(12)9(13)4-7/h2-4H,5H2,1H3,(H2,14,15,16,17,18). The van der Waals surface area contributed by atoms with E-state index in [0.29, 0.717) is 21.6 Å². The molecule has 0 aliphatic heterocycles. The first kappa shape index (κ1) is 13.6. The Morgan fingerprint density at radius 3 is 2.84 bits per heavy atom. The smallest absolute Gasteiger partial charge is 0.264 e. The first-order valence-electron chi connectivity index (χ1n) is 5.31. The van der Waals surface area contributed by atoms with E-state index < -0.39 is 0 Å². The SMILES string of the molecule is Cc1nc(NC(=O)COc2ccc(Cl)c(Cl)c2)n[nH]1. The third-order valence-electron chi connectivity index (χ3n) is 2.11. The molecule has 0 saturated heterocycles. The number of aryl methyl sites for hydroxylation is 1. The molecule has 0 saturated carbocycles. The van der Waals surface area contributed by atoms with E-state index in [2.05, 4.69) is 20.5 Å². The predicted molar refractivity (Wildman–Crippen MR) is 71.7 cm³/mol. The second-order valence-corrected chi connectivity index (χ2v) is 4.47. The molecule has 0 aliphatic carbocycles. The molecule has 1 aromatic carbocycles. The lowest BCUT2D eigenvalue weighted by Crippen LogP contribution is -2.20. The van der Waals surface area contributed by atoms with Gasteiger partial charge >= 0.3 is 0 Å². The third kappa shape index (κ3) is 3.84. The topological polar surface area (TPSA) is 79.9 Å². The fourth-order valence-electron chi connectivity index (χ4n) is 1.27. The van der Waals surface area contributed by atoms with Gasteiger partial charge in [-0.2, -0.15) is 4.98 Å². The maximum atomic E-state index is 11.6. The van der Waals surface area contributed by atoms with Crippen LogP contribution in [0.3, 0.4) is 0 Å². The van der Waals surface area contributed by atoms with Crippen LogP contribution in [0.4, 0.5) is 5.95 Å². The van der Waals surface area contributed by atoms with Gasteiger partial charge in [-0.1, -0.05) is 23.2 Å². The monoisotopic (exact) mass is 300 g/mol. The van der Waals surface area contributed by atoms with Crippen LogP contribution in [0, 0.1) is 6.92 Å². The summed E-state index contributed by atoms with van der Waals surface area (Å²) in [7, 11) is 0. The maximum Gasteiger partial charge on any atom is 0.264 e. The summed E-state index contributed by atoms with van der Waals surface area (Å²) in [5.41, 5.74) is 0. The summed E-state index contributed by atoms with van der Waals surface area (Å²) in [6.45, 7) is 1.56. The van der Waals surface area contributed by atoms with Crippen LogP contribution in [-0.4, -0.2) is 27.7 Å². The van der Waals surface area contributed by atoms with Crippen molar-refractivity contribution in [2.45, 2.75) is 6.92 Å². The lowest BCUT2D eigenvalue weighted by atomic mass is 10.3. The quantitative estimate of drug-likeness (QED) is 0.909. The van der Waals surface area contributed by atoms with E-state index in [1.165, 1.54) is 6.07 Å². The molecule has 0 bridgehead atoms. The molecule has 1 aromatic heterocycles. The number of benzene rings is 1. The predicted octanol–water partition coefficient (Wildman–Crippen LogP) is 2.44. The lowest BCUT2D eigenvalue weighted by Gasteiger charge is -2.06. The van der Waals surface area contributed by atoms with Crippen LogP contribution >= 0.6 is 23.2 Å². The van der Waals surface area contributed by atoms with Gasteiger partial charge in [-0.25, -0.2) is 0 Å². The molecule has 2 rings (SSSR count). The van der Waals surface area contributed by atoms with Crippen molar-refractivity contribution in [3.8, 4) is 5.75 Å². The van der Waals surface area contributed by atoms with Crippen LogP contribution in [0.2, 0.25) is 10.0 Å². The molecule has 0 radical (unpaired) electrons. The van der Waals surface area contributed by atoms with Gasteiger partial charge in [0.25, 0.3) is 5.91 Å². The van der Waals surface area contributed by atoms with Gasteiger partial charge < -0.3 is 4.74 Å². The summed E-state index contributed by atoms with van der Waals surface area (Å²) in [6.07, 6.45) is 0. The number of carbonyl (C=O) groups excluding carboxylic acids is 1. The molecule has 0 unspecified atom stereocenters. The van der Waals surface area contributed by atoms with Crippen molar-refractivity contribution in [2.24, 2.45) is 0 Å². The third-order valence-corrected chi connectivity index (χ3v) is 2.85. The summed E-state index contributed by atoms with van der Waals surface area (Å²) in [5.74, 6) is 0.904. The summed E-state index contributed by atoms with van der Waals surface area (Å²) >= 11 is 11.6.